The summed E-state index contributed by atoms with van der Waals surface area (Å²) >= 11 is 0. The Morgan fingerprint density at radius 1 is 1.33 bits per heavy atom. The zero-order valence-corrected chi connectivity index (χ0v) is 14.2. The molecule has 0 aromatic heterocycles. The summed E-state index contributed by atoms with van der Waals surface area (Å²) in [6, 6.07) is 10.3. The first-order chi connectivity index (χ1) is 10.1. The largest absolute Gasteiger partial charge is 0.311 e. The van der Waals surface area contributed by atoms with Gasteiger partial charge < -0.3 is 5.32 Å². The summed E-state index contributed by atoms with van der Waals surface area (Å²) in [5.41, 5.74) is 2.83. The van der Waals surface area contributed by atoms with Crippen LogP contribution in [0.25, 0.3) is 0 Å². The summed E-state index contributed by atoms with van der Waals surface area (Å²) in [5.74, 6) is 0.769. The van der Waals surface area contributed by atoms with E-state index in [1.165, 1.54) is 36.9 Å². The van der Waals surface area contributed by atoms with Crippen molar-refractivity contribution in [1.29, 1.82) is 0 Å². The van der Waals surface area contributed by atoms with Crippen LogP contribution in [0, 0.1) is 12.8 Å². The molecule has 2 nitrogen and oxygen atoms in total. The molecule has 1 heterocycles. The zero-order chi connectivity index (χ0) is 15.2. The van der Waals surface area contributed by atoms with E-state index < -0.39 is 0 Å². The summed E-state index contributed by atoms with van der Waals surface area (Å²) < 4.78 is 0. The van der Waals surface area contributed by atoms with Crippen molar-refractivity contribution >= 4 is 0 Å². The molecular formula is C19H32N2. The second-order valence-electron chi connectivity index (χ2n) is 7.10. The Morgan fingerprint density at radius 3 is 2.81 bits per heavy atom. The molecule has 1 fully saturated rings. The lowest BCUT2D eigenvalue weighted by Crippen LogP contribution is -2.56. The van der Waals surface area contributed by atoms with Gasteiger partial charge in [0.05, 0.1) is 0 Å². The van der Waals surface area contributed by atoms with Crippen molar-refractivity contribution in [3.05, 3.63) is 35.4 Å². The Balaban J connectivity index is 2.02. The van der Waals surface area contributed by atoms with Gasteiger partial charge in [0, 0.05) is 31.7 Å². The average Bonchev–Trinajstić information content (AvgIpc) is 2.41. The minimum atomic E-state index is 0.655. The number of nitrogens with one attached hydrogen (secondary N) is 1. The molecule has 0 bridgehead atoms. The fourth-order valence-corrected chi connectivity index (χ4v) is 3.51. The van der Waals surface area contributed by atoms with Crippen molar-refractivity contribution in [3.63, 3.8) is 0 Å². The van der Waals surface area contributed by atoms with Crippen molar-refractivity contribution in [2.24, 2.45) is 5.92 Å². The predicted octanol–water partition coefficient (Wildman–Crippen LogP) is 3.98. The fourth-order valence-electron chi connectivity index (χ4n) is 3.51. The minimum absolute atomic E-state index is 0.655. The van der Waals surface area contributed by atoms with Crippen LogP contribution in [0.2, 0.25) is 0 Å². The van der Waals surface area contributed by atoms with Crippen LogP contribution in [0.15, 0.2) is 24.3 Å². The first kappa shape index (κ1) is 16.5. The molecule has 1 aliphatic heterocycles. The van der Waals surface area contributed by atoms with Crippen LogP contribution in [-0.2, 0) is 6.54 Å². The number of benzene rings is 1. The number of nitrogens with zero attached hydrogens (tertiary/aromatic N) is 1. The molecule has 1 aliphatic rings. The second kappa shape index (κ2) is 7.95. The van der Waals surface area contributed by atoms with Gasteiger partial charge in [0.1, 0.15) is 0 Å². The van der Waals surface area contributed by atoms with Crippen molar-refractivity contribution in [2.75, 3.05) is 13.1 Å². The predicted molar refractivity (Wildman–Crippen MR) is 91.5 cm³/mol. The summed E-state index contributed by atoms with van der Waals surface area (Å²) in [7, 11) is 0. The van der Waals surface area contributed by atoms with Crippen LogP contribution in [0.3, 0.4) is 0 Å². The lowest BCUT2D eigenvalue weighted by Gasteiger charge is -2.41. The molecule has 2 atom stereocenters. The highest BCUT2D eigenvalue weighted by Crippen LogP contribution is 2.19. The molecular weight excluding hydrogens is 256 g/mol. The van der Waals surface area contributed by atoms with E-state index in [4.69, 9.17) is 0 Å². The van der Waals surface area contributed by atoms with Crippen LogP contribution in [0.5, 0.6) is 0 Å². The number of piperazine rings is 1. The normalized spacial score (nSPS) is 23.7. The van der Waals surface area contributed by atoms with Crippen LogP contribution >= 0.6 is 0 Å². The lowest BCUT2D eigenvalue weighted by molar-refractivity contribution is 0.108. The van der Waals surface area contributed by atoms with E-state index in [0.717, 1.165) is 19.0 Å². The Labute approximate surface area is 130 Å². The molecule has 1 aromatic rings. The van der Waals surface area contributed by atoms with Crippen LogP contribution in [0.4, 0.5) is 0 Å². The van der Waals surface area contributed by atoms with Crippen molar-refractivity contribution in [2.45, 2.75) is 65.6 Å². The van der Waals surface area contributed by atoms with E-state index in [2.05, 4.69) is 62.2 Å². The van der Waals surface area contributed by atoms with Gasteiger partial charge in [-0.1, -0.05) is 57.0 Å². The summed E-state index contributed by atoms with van der Waals surface area (Å²) in [5, 5.41) is 3.77. The Hall–Kier alpha value is -0.860. The SMILES string of the molecule is CCCC1CNC(CC(C)C)CN1Cc1cccc(C)c1. The van der Waals surface area contributed by atoms with Gasteiger partial charge in [0.15, 0.2) is 0 Å². The molecule has 118 valence electrons. The monoisotopic (exact) mass is 288 g/mol. The summed E-state index contributed by atoms with van der Waals surface area (Å²) in [6.07, 6.45) is 3.85. The highest BCUT2D eigenvalue weighted by atomic mass is 15.2. The van der Waals surface area contributed by atoms with E-state index in [-0.39, 0.29) is 0 Å². The zero-order valence-electron chi connectivity index (χ0n) is 14.2. The number of rotatable bonds is 6. The molecule has 2 heteroatoms. The van der Waals surface area contributed by atoms with Crippen LogP contribution in [0.1, 0.15) is 51.2 Å². The smallest absolute Gasteiger partial charge is 0.0237 e. The third-order valence-corrected chi connectivity index (χ3v) is 4.46. The lowest BCUT2D eigenvalue weighted by atomic mass is 9.97. The molecule has 2 unspecified atom stereocenters. The molecule has 1 N–H and O–H groups in total. The molecule has 1 aromatic carbocycles. The van der Waals surface area contributed by atoms with E-state index in [1.807, 2.05) is 0 Å². The molecule has 0 aliphatic carbocycles. The Morgan fingerprint density at radius 2 is 2.14 bits per heavy atom. The highest BCUT2D eigenvalue weighted by molar-refractivity contribution is 5.22. The fraction of sp³-hybridized carbons (Fsp3) is 0.684. The quantitative estimate of drug-likeness (QED) is 0.851. The van der Waals surface area contributed by atoms with Gasteiger partial charge >= 0.3 is 0 Å². The van der Waals surface area contributed by atoms with Crippen LogP contribution in [-0.4, -0.2) is 30.1 Å². The summed E-state index contributed by atoms with van der Waals surface area (Å²) in [4.78, 5) is 2.71. The van der Waals surface area contributed by atoms with Gasteiger partial charge in [-0.3, -0.25) is 4.90 Å². The van der Waals surface area contributed by atoms with Gasteiger partial charge in [0.2, 0.25) is 0 Å². The molecule has 1 saturated heterocycles. The molecule has 0 saturated carbocycles. The van der Waals surface area contributed by atoms with E-state index in [0.29, 0.717) is 12.1 Å². The van der Waals surface area contributed by atoms with Crippen LogP contribution < -0.4 is 5.32 Å². The maximum Gasteiger partial charge on any atom is 0.0237 e. The topological polar surface area (TPSA) is 15.3 Å². The molecule has 0 radical (unpaired) electrons. The van der Waals surface area contributed by atoms with Crippen molar-refractivity contribution in [1.82, 2.24) is 10.2 Å². The van der Waals surface area contributed by atoms with Gasteiger partial charge in [0.25, 0.3) is 0 Å². The first-order valence-corrected chi connectivity index (χ1v) is 8.61. The van der Waals surface area contributed by atoms with Gasteiger partial charge in [-0.2, -0.15) is 0 Å². The number of hydrogen-bond donors (Lipinski definition) is 1. The van der Waals surface area contributed by atoms with Gasteiger partial charge in [-0.25, -0.2) is 0 Å². The summed E-state index contributed by atoms with van der Waals surface area (Å²) in [6.45, 7) is 12.6. The van der Waals surface area contributed by atoms with E-state index >= 15 is 0 Å². The maximum absolute atomic E-state index is 3.77. The van der Waals surface area contributed by atoms with E-state index in [9.17, 15) is 0 Å². The van der Waals surface area contributed by atoms with Gasteiger partial charge in [-0.15, -0.1) is 0 Å². The van der Waals surface area contributed by atoms with Crippen molar-refractivity contribution in [3.8, 4) is 0 Å². The van der Waals surface area contributed by atoms with Crippen molar-refractivity contribution < 1.29 is 0 Å². The third-order valence-electron chi connectivity index (χ3n) is 4.46. The third kappa shape index (κ3) is 5.12. The number of aryl methyl sites for hydroxylation is 1. The molecule has 0 amide bonds. The first-order valence-electron chi connectivity index (χ1n) is 8.61. The Kier molecular flexibility index (Phi) is 6.25. The molecule has 0 spiro atoms. The van der Waals surface area contributed by atoms with Gasteiger partial charge in [-0.05, 0) is 31.2 Å². The minimum Gasteiger partial charge on any atom is -0.311 e. The average molecular weight is 288 g/mol. The molecule has 2 rings (SSSR count). The standard InChI is InChI=1S/C19H32N2/c1-5-7-19-12-20-18(10-15(2)3)14-21(19)13-17-9-6-8-16(4)11-17/h6,8-9,11,15,18-20H,5,7,10,12-14H2,1-4H3. The van der Waals surface area contributed by atoms with E-state index in [1.54, 1.807) is 0 Å². The highest BCUT2D eigenvalue weighted by Gasteiger charge is 2.27. The second-order valence-corrected chi connectivity index (χ2v) is 7.10. The molecule has 21 heavy (non-hydrogen) atoms. The number of hydrogen-bond acceptors (Lipinski definition) is 2. The maximum atomic E-state index is 3.77. The Bertz CT molecular complexity index is 427.